The lowest BCUT2D eigenvalue weighted by atomic mass is 10.1. The molecule has 0 aliphatic rings. The molecule has 0 heterocycles. The lowest BCUT2D eigenvalue weighted by molar-refractivity contribution is -0.146. The van der Waals surface area contributed by atoms with Crippen LogP contribution in [0.4, 0.5) is 0 Å². The first kappa shape index (κ1) is 14.3. The molecule has 0 fully saturated rings. The molecule has 1 atom stereocenters. The average Bonchev–Trinajstić information content (AvgIpc) is 2.48. The summed E-state index contributed by atoms with van der Waals surface area (Å²) in [4.78, 5) is 11.6. The zero-order valence-corrected chi connectivity index (χ0v) is 11.8. The van der Waals surface area contributed by atoms with Gasteiger partial charge in [-0.3, -0.25) is 4.79 Å². The minimum absolute atomic E-state index is 0.244. The Labute approximate surface area is 118 Å². The van der Waals surface area contributed by atoms with Crippen molar-refractivity contribution >= 4 is 16.7 Å². The summed E-state index contributed by atoms with van der Waals surface area (Å²) in [5, 5.41) is 5.17. The third-order valence-corrected chi connectivity index (χ3v) is 3.06. The van der Waals surface area contributed by atoms with Crippen LogP contribution in [-0.4, -0.2) is 32.3 Å². The Bertz CT molecular complexity index is 583. The van der Waals surface area contributed by atoms with Crippen molar-refractivity contribution in [2.75, 3.05) is 20.3 Å². The van der Waals surface area contributed by atoms with Crippen LogP contribution in [0.5, 0.6) is 5.75 Å². The summed E-state index contributed by atoms with van der Waals surface area (Å²) in [6, 6.07) is 13.5. The molecular formula is C16H19NO3. The third-order valence-electron chi connectivity index (χ3n) is 3.06. The maximum atomic E-state index is 11.6. The molecule has 0 bridgehead atoms. The van der Waals surface area contributed by atoms with Crippen LogP contribution in [0, 0.1) is 0 Å². The normalized spacial score (nSPS) is 12.1. The molecule has 4 heteroatoms. The van der Waals surface area contributed by atoms with E-state index < -0.39 is 6.04 Å². The molecule has 20 heavy (non-hydrogen) atoms. The molecule has 0 saturated carbocycles. The highest BCUT2D eigenvalue weighted by Gasteiger charge is 2.18. The van der Waals surface area contributed by atoms with Crippen LogP contribution in [0.25, 0.3) is 10.8 Å². The fourth-order valence-electron chi connectivity index (χ4n) is 1.95. The fraction of sp³-hybridized carbons (Fsp3) is 0.312. The lowest BCUT2D eigenvalue weighted by Gasteiger charge is -2.15. The Morgan fingerprint density at radius 1 is 1.20 bits per heavy atom. The number of ether oxygens (including phenoxy) is 2. The van der Waals surface area contributed by atoms with E-state index in [2.05, 4.69) is 5.32 Å². The van der Waals surface area contributed by atoms with Crippen molar-refractivity contribution in [2.45, 2.75) is 13.0 Å². The average molecular weight is 273 g/mol. The van der Waals surface area contributed by atoms with E-state index in [-0.39, 0.29) is 12.6 Å². The van der Waals surface area contributed by atoms with Crippen molar-refractivity contribution in [3.8, 4) is 5.75 Å². The Hall–Kier alpha value is -2.07. The molecule has 4 nitrogen and oxygen atoms in total. The Morgan fingerprint density at radius 3 is 2.65 bits per heavy atom. The quantitative estimate of drug-likeness (QED) is 0.821. The van der Waals surface area contributed by atoms with Gasteiger partial charge in [0.25, 0.3) is 0 Å². The third kappa shape index (κ3) is 3.48. The van der Waals surface area contributed by atoms with E-state index in [1.54, 1.807) is 14.0 Å². The summed E-state index contributed by atoms with van der Waals surface area (Å²) in [6.45, 7) is 2.40. The fourth-order valence-corrected chi connectivity index (χ4v) is 1.95. The molecular weight excluding hydrogens is 254 g/mol. The van der Waals surface area contributed by atoms with Crippen molar-refractivity contribution in [3.05, 3.63) is 42.5 Å². The maximum absolute atomic E-state index is 11.6. The summed E-state index contributed by atoms with van der Waals surface area (Å²) < 4.78 is 10.6. The van der Waals surface area contributed by atoms with Crippen LogP contribution >= 0.6 is 0 Å². The first-order valence-corrected chi connectivity index (χ1v) is 6.70. The number of carbonyl (C=O) groups excluding carboxylic acids is 1. The molecule has 0 amide bonds. The van der Waals surface area contributed by atoms with Crippen molar-refractivity contribution < 1.29 is 14.3 Å². The monoisotopic (exact) mass is 273 g/mol. The van der Waals surface area contributed by atoms with Crippen LogP contribution in [0.2, 0.25) is 0 Å². The number of rotatable bonds is 6. The molecule has 0 radical (unpaired) electrons. The molecule has 0 aliphatic heterocycles. The van der Waals surface area contributed by atoms with Crippen molar-refractivity contribution in [2.24, 2.45) is 0 Å². The summed E-state index contributed by atoms with van der Waals surface area (Å²) in [7, 11) is 1.71. The van der Waals surface area contributed by atoms with E-state index in [9.17, 15) is 4.79 Å². The van der Waals surface area contributed by atoms with Gasteiger partial charge in [0.2, 0.25) is 0 Å². The topological polar surface area (TPSA) is 47.6 Å². The summed E-state index contributed by atoms with van der Waals surface area (Å²) in [5.41, 5.74) is 0. The number of nitrogens with one attached hydrogen (secondary N) is 1. The molecule has 2 rings (SSSR count). The molecule has 0 aliphatic carbocycles. The van der Waals surface area contributed by atoms with Gasteiger partial charge in [-0.25, -0.2) is 0 Å². The van der Waals surface area contributed by atoms with Gasteiger partial charge in [-0.15, -0.1) is 0 Å². The standard InChI is InChI=1S/C16H19NO3/c1-3-19-16(18)15(17-2)11-20-14-9-8-12-6-4-5-7-13(12)10-14/h4-10,15,17H,3,11H2,1-2H3. The number of carbonyl (C=O) groups is 1. The first-order valence-electron chi connectivity index (χ1n) is 6.70. The predicted molar refractivity (Wildman–Crippen MR) is 78.9 cm³/mol. The zero-order chi connectivity index (χ0) is 14.4. The minimum Gasteiger partial charge on any atom is -0.491 e. The van der Waals surface area contributed by atoms with Gasteiger partial charge in [0.05, 0.1) is 6.61 Å². The van der Waals surface area contributed by atoms with Gasteiger partial charge in [-0.2, -0.15) is 0 Å². The van der Waals surface area contributed by atoms with E-state index in [0.717, 1.165) is 16.5 Å². The highest BCUT2D eigenvalue weighted by atomic mass is 16.5. The van der Waals surface area contributed by atoms with Gasteiger partial charge in [0.15, 0.2) is 0 Å². The molecule has 0 saturated heterocycles. The van der Waals surface area contributed by atoms with E-state index in [4.69, 9.17) is 9.47 Å². The van der Waals surface area contributed by atoms with Gasteiger partial charge in [-0.05, 0) is 36.9 Å². The van der Waals surface area contributed by atoms with Crippen LogP contribution in [-0.2, 0) is 9.53 Å². The van der Waals surface area contributed by atoms with Crippen molar-refractivity contribution in [1.82, 2.24) is 5.32 Å². The van der Waals surface area contributed by atoms with Gasteiger partial charge in [0, 0.05) is 0 Å². The SMILES string of the molecule is CCOC(=O)C(COc1ccc2ccccc2c1)NC. The Kier molecular flexibility index (Phi) is 4.96. The number of hydrogen-bond acceptors (Lipinski definition) is 4. The van der Waals surface area contributed by atoms with Crippen molar-refractivity contribution in [3.63, 3.8) is 0 Å². The molecule has 0 spiro atoms. The molecule has 1 unspecified atom stereocenters. The Morgan fingerprint density at radius 2 is 1.95 bits per heavy atom. The summed E-state index contributed by atoms with van der Waals surface area (Å²) in [5.74, 6) is 0.448. The van der Waals surface area contributed by atoms with Crippen LogP contribution < -0.4 is 10.1 Å². The minimum atomic E-state index is -0.457. The predicted octanol–water partition coefficient (Wildman–Crippen LogP) is 2.37. The van der Waals surface area contributed by atoms with E-state index in [1.807, 2.05) is 42.5 Å². The Balaban J connectivity index is 2.02. The largest absolute Gasteiger partial charge is 0.491 e. The highest BCUT2D eigenvalue weighted by Crippen LogP contribution is 2.20. The van der Waals surface area contributed by atoms with Crippen LogP contribution in [0.15, 0.2) is 42.5 Å². The number of benzene rings is 2. The number of esters is 1. The molecule has 2 aromatic carbocycles. The van der Waals surface area contributed by atoms with E-state index in [0.29, 0.717) is 6.61 Å². The molecule has 0 aromatic heterocycles. The number of likely N-dealkylation sites (N-methyl/N-ethyl adjacent to an activating group) is 1. The second-order valence-corrected chi connectivity index (χ2v) is 4.41. The maximum Gasteiger partial charge on any atom is 0.326 e. The summed E-state index contributed by atoms with van der Waals surface area (Å²) in [6.07, 6.45) is 0. The zero-order valence-electron chi connectivity index (χ0n) is 11.8. The number of hydrogen-bond donors (Lipinski definition) is 1. The first-order chi connectivity index (χ1) is 9.74. The van der Waals surface area contributed by atoms with E-state index >= 15 is 0 Å². The second-order valence-electron chi connectivity index (χ2n) is 4.41. The second kappa shape index (κ2) is 6.91. The summed E-state index contributed by atoms with van der Waals surface area (Å²) >= 11 is 0. The molecule has 1 N–H and O–H groups in total. The number of fused-ring (bicyclic) bond motifs is 1. The highest BCUT2D eigenvalue weighted by molar-refractivity contribution is 5.83. The van der Waals surface area contributed by atoms with Gasteiger partial charge >= 0.3 is 5.97 Å². The van der Waals surface area contributed by atoms with Gasteiger partial charge < -0.3 is 14.8 Å². The van der Waals surface area contributed by atoms with Gasteiger partial charge in [-0.1, -0.05) is 30.3 Å². The molecule has 106 valence electrons. The molecule has 2 aromatic rings. The van der Waals surface area contributed by atoms with Crippen LogP contribution in [0.1, 0.15) is 6.92 Å². The van der Waals surface area contributed by atoms with Crippen molar-refractivity contribution in [1.29, 1.82) is 0 Å². The lowest BCUT2D eigenvalue weighted by Crippen LogP contribution is -2.40. The smallest absolute Gasteiger partial charge is 0.326 e. The van der Waals surface area contributed by atoms with Gasteiger partial charge in [0.1, 0.15) is 18.4 Å². The van der Waals surface area contributed by atoms with E-state index in [1.165, 1.54) is 0 Å². The van der Waals surface area contributed by atoms with Crippen LogP contribution in [0.3, 0.4) is 0 Å².